The second-order valence-corrected chi connectivity index (χ2v) is 4.41. The van der Waals surface area contributed by atoms with Crippen LogP contribution in [0.2, 0.25) is 0 Å². The van der Waals surface area contributed by atoms with Crippen molar-refractivity contribution in [2.75, 3.05) is 0 Å². The van der Waals surface area contributed by atoms with Crippen LogP contribution in [-0.4, -0.2) is 5.97 Å². The van der Waals surface area contributed by atoms with Gasteiger partial charge >= 0.3 is 5.97 Å². The lowest BCUT2D eigenvalue weighted by atomic mass is 10.0. The highest BCUT2D eigenvalue weighted by atomic mass is 16.5. The summed E-state index contributed by atoms with van der Waals surface area (Å²) in [6.07, 6.45) is 5.39. The van der Waals surface area contributed by atoms with Crippen LogP contribution in [0, 0.1) is 5.92 Å². The molecule has 0 saturated carbocycles. The van der Waals surface area contributed by atoms with Crippen LogP contribution >= 0.6 is 0 Å². The van der Waals surface area contributed by atoms with Gasteiger partial charge in [0, 0.05) is 0 Å². The minimum Gasteiger partial charge on any atom is -0.426 e. The average Bonchev–Trinajstić information content (AvgIpc) is 2.52. The summed E-state index contributed by atoms with van der Waals surface area (Å²) in [6, 6.07) is 7.54. The Morgan fingerprint density at radius 1 is 1.29 bits per heavy atom. The van der Waals surface area contributed by atoms with Gasteiger partial charge in [-0.25, -0.2) is 0 Å². The van der Waals surface area contributed by atoms with Crippen LogP contribution in [0.5, 0.6) is 5.75 Å². The first-order chi connectivity index (χ1) is 10.2. The molecule has 0 aromatic heterocycles. The predicted octanol–water partition coefficient (Wildman–Crippen LogP) is 5.42. The van der Waals surface area contributed by atoms with Crippen molar-refractivity contribution in [1.82, 2.24) is 0 Å². The molecule has 0 atom stereocenters. The smallest absolute Gasteiger partial charge is 0.314 e. The van der Waals surface area contributed by atoms with E-state index in [2.05, 4.69) is 19.7 Å². The van der Waals surface area contributed by atoms with E-state index in [-0.39, 0.29) is 11.9 Å². The van der Waals surface area contributed by atoms with E-state index in [4.69, 9.17) is 4.74 Å². The van der Waals surface area contributed by atoms with Crippen LogP contribution < -0.4 is 4.74 Å². The van der Waals surface area contributed by atoms with Crippen LogP contribution in [0.25, 0.3) is 5.57 Å². The fourth-order valence-corrected chi connectivity index (χ4v) is 1.96. The molecule has 0 radical (unpaired) electrons. The summed E-state index contributed by atoms with van der Waals surface area (Å²) >= 11 is 0. The lowest BCUT2D eigenvalue weighted by Gasteiger charge is -2.12. The lowest BCUT2D eigenvalue weighted by Crippen LogP contribution is -2.19. The van der Waals surface area contributed by atoms with Gasteiger partial charge in [0.2, 0.25) is 0 Å². The molecule has 0 saturated heterocycles. The summed E-state index contributed by atoms with van der Waals surface area (Å²) in [5.74, 6) is 0.419. The van der Waals surface area contributed by atoms with Crippen molar-refractivity contribution in [2.45, 2.75) is 33.6 Å². The molecule has 0 spiro atoms. The average molecular weight is 286 g/mol. The predicted molar refractivity (Wildman–Crippen MR) is 91.3 cm³/mol. The quantitative estimate of drug-likeness (QED) is 0.302. The van der Waals surface area contributed by atoms with Crippen molar-refractivity contribution in [3.8, 4) is 5.75 Å². The number of ether oxygens (including phenoxy) is 1. The van der Waals surface area contributed by atoms with Crippen LogP contribution in [-0.2, 0) is 4.79 Å². The first-order valence-corrected chi connectivity index (χ1v) is 7.27. The van der Waals surface area contributed by atoms with E-state index in [9.17, 15) is 4.79 Å². The van der Waals surface area contributed by atoms with Crippen molar-refractivity contribution in [3.63, 3.8) is 0 Å². The Balaban J connectivity index is 0.00000191. The van der Waals surface area contributed by atoms with Crippen molar-refractivity contribution in [1.29, 1.82) is 0 Å². The Labute approximate surface area is 128 Å². The zero-order chi connectivity index (χ0) is 16.3. The molecule has 1 aromatic carbocycles. The monoisotopic (exact) mass is 286 g/mol. The third-order valence-electron chi connectivity index (χ3n) is 3.24. The van der Waals surface area contributed by atoms with Crippen molar-refractivity contribution in [3.05, 3.63) is 61.7 Å². The first-order valence-electron chi connectivity index (χ1n) is 7.27. The Morgan fingerprint density at radius 2 is 1.90 bits per heavy atom. The summed E-state index contributed by atoms with van der Waals surface area (Å²) in [4.78, 5) is 11.9. The van der Waals surface area contributed by atoms with Crippen LogP contribution in [0.4, 0.5) is 0 Å². The fraction of sp³-hybridized carbons (Fsp3) is 0.316. The Bertz CT molecular complexity index is 482. The van der Waals surface area contributed by atoms with Crippen molar-refractivity contribution in [2.24, 2.45) is 5.92 Å². The summed E-state index contributed by atoms with van der Waals surface area (Å²) in [6.45, 7) is 15.7. The number of allylic oxidation sites excluding steroid dienone is 3. The molecule has 0 aliphatic carbocycles. The second-order valence-electron chi connectivity index (χ2n) is 4.41. The maximum atomic E-state index is 11.9. The van der Waals surface area contributed by atoms with Gasteiger partial charge in [0.25, 0.3) is 0 Å². The molecular formula is C19H26O2. The normalized spacial score (nSPS) is 10.6. The molecular weight excluding hydrogens is 260 g/mol. The van der Waals surface area contributed by atoms with Gasteiger partial charge in [0.1, 0.15) is 5.75 Å². The minimum atomic E-state index is -0.150. The molecule has 114 valence electrons. The van der Waals surface area contributed by atoms with E-state index in [1.54, 1.807) is 12.1 Å². The molecule has 21 heavy (non-hydrogen) atoms. The van der Waals surface area contributed by atoms with Crippen LogP contribution in [0.1, 0.15) is 39.2 Å². The van der Waals surface area contributed by atoms with Gasteiger partial charge in [0.05, 0.1) is 5.92 Å². The zero-order valence-electron chi connectivity index (χ0n) is 13.4. The van der Waals surface area contributed by atoms with E-state index in [0.29, 0.717) is 5.75 Å². The largest absolute Gasteiger partial charge is 0.426 e. The van der Waals surface area contributed by atoms with Gasteiger partial charge in [0.15, 0.2) is 0 Å². The number of hydrogen-bond donors (Lipinski definition) is 0. The Hall–Kier alpha value is -2.09. The number of rotatable bonds is 6. The summed E-state index contributed by atoms with van der Waals surface area (Å²) in [5, 5.41) is 0. The molecule has 1 rings (SSSR count). The Kier molecular flexibility index (Phi) is 9.61. The lowest BCUT2D eigenvalue weighted by molar-refractivity contribution is -0.139. The number of hydrogen-bond acceptors (Lipinski definition) is 2. The molecule has 2 nitrogen and oxygen atoms in total. The first kappa shape index (κ1) is 18.9. The topological polar surface area (TPSA) is 26.3 Å². The molecule has 0 heterocycles. The van der Waals surface area contributed by atoms with Crippen LogP contribution in [0.3, 0.4) is 0 Å². The third-order valence-corrected chi connectivity index (χ3v) is 3.24. The van der Waals surface area contributed by atoms with Crippen LogP contribution in [0.15, 0.2) is 56.2 Å². The fourth-order valence-electron chi connectivity index (χ4n) is 1.96. The minimum absolute atomic E-state index is 0.0238. The maximum Gasteiger partial charge on any atom is 0.314 e. The second kappa shape index (κ2) is 10.7. The standard InChI is InChI=1S/C17H22O2.C2H4/c1-5-13(6-2)15-10-9-11-16(12-15)19-17(18)14(7-3)8-4;1-2/h5-6,9-12,14H,1,7-8H2,2-4H3;1-2H2/b13-6+;. The highest BCUT2D eigenvalue weighted by molar-refractivity contribution is 5.77. The Morgan fingerprint density at radius 3 is 2.38 bits per heavy atom. The number of benzene rings is 1. The van der Waals surface area contributed by atoms with Gasteiger partial charge in [-0.15, -0.1) is 13.2 Å². The molecule has 0 aliphatic heterocycles. The molecule has 1 aromatic rings. The van der Waals surface area contributed by atoms with Crippen molar-refractivity contribution >= 4 is 11.5 Å². The number of carbonyl (C=O) groups is 1. The van der Waals surface area contributed by atoms with Gasteiger partial charge in [-0.3, -0.25) is 4.79 Å². The summed E-state index contributed by atoms with van der Waals surface area (Å²) < 4.78 is 5.44. The highest BCUT2D eigenvalue weighted by Gasteiger charge is 2.16. The van der Waals surface area contributed by atoms with E-state index < -0.39 is 0 Å². The molecule has 0 unspecified atom stereocenters. The van der Waals surface area contributed by atoms with E-state index in [1.807, 2.05) is 45.0 Å². The molecule has 0 amide bonds. The van der Waals surface area contributed by atoms with E-state index >= 15 is 0 Å². The van der Waals surface area contributed by atoms with Gasteiger partial charge in [-0.2, -0.15) is 0 Å². The van der Waals surface area contributed by atoms with E-state index in [0.717, 1.165) is 24.0 Å². The van der Waals surface area contributed by atoms with E-state index in [1.165, 1.54) is 0 Å². The molecule has 0 aliphatic rings. The third kappa shape index (κ3) is 5.82. The molecule has 0 bridgehead atoms. The van der Waals surface area contributed by atoms with Gasteiger partial charge in [-0.1, -0.05) is 44.7 Å². The van der Waals surface area contributed by atoms with Gasteiger partial charge < -0.3 is 4.74 Å². The van der Waals surface area contributed by atoms with Crippen molar-refractivity contribution < 1.29 is 9.53 Å². The SMILES string of the molecule is C=C.C=C/C(=C\C)c1cccc(OC(=O)C(CC)CC)c1. The molecule has 2 heteroatoms. The molecule has 0 N–H and O–H groups in total. The summed E-state index contributed by atoms with van der Waals surface area (Å²) in [7, 11) is 0. The van der Waals surface area contributed by atoms with Gasteiger partial charge in [-0.05, 0) is 43.0 Å². The number of esters is 1. The highest BCUT2D eigenvalue weighted by Crippen LogP contribution is 2.22. The zero-order valence-corrected chi connectivity index (χ0v) is 13.4. The number of carbonyl (C=O) groups excluding carboxylic acids is 1. The molecule has 0 fully saturated rings. The maximum absolute atomic E-state index is 11.9. The summed E-state index contributed by atoms with van der Waals surface area (Å²) in [5.41, 5.74) is 2.03.